The molecule has 2 nitrogen and oxygen atoms in total. The van der Waals surface area contributed by atoms with Crippen molar-refractivity contribution in [1.29, 1.82) is 0 Å². The van der Waals surface area contributed by atoms with E-state index in [4.69, 9.17) is 23.2 Å². The standard InChI is InChI=1S/C19H18Cl2N2/c1-22-9-8-19-17(12-22)16-10-14(21)4-7-18(16)23(19)15-5-2-13(11-20)3-6-15/h2-7,10H,8-9,11-12H2,1H3. The fraction of sp³-hybridized carbons (Fsp3) is 0.263. The Morgan fingerprint density at radius 3 is 2.61 bits per heavy atom. The Balaban J connectivity index is 1.98. The predicted octanol–water partition coefficient (Wildman–Crippen LogP) is 5.01. The lowest BCUT2D eigenvalue weighted by atomic mass is 10.1. The highest BCUT2D eigenvalue weighted by molar-refractivity contribution is 6.31. The van der Waals surface area contributed by atoms with Crippen molar-refractivity contribution in [2.24, 2.45) is 0 Å². The van der Waals surface area contributed by atoms with Crippen LogP contribution in [0, 0.1) is 0 Å². The van der Waals surface area contributed by atoms with Gasteiger partial charge in [-0.2, -0.15) is 0 Å². The summed E-state index contributed by atoms with van der Waals surface area (Å²) in [6.07, 6.45) is 1.05. The largest absolute Gasteiger partial charge is 0.313 e. The average Bonchev–Trinajstić information content (AvgIpc) is 2.88. The monoisotopic (exact) mass is 344 g/mol. The zero-order valence-corrected chi connectivity index (χ0v) is 14.5. The fourth-order valence-electron chi connectivity index (χ4n) is 3.49. The Morgan fingerprint density at radius 1 is 1.09 bits per heavy atom. The van der Waals surface area contributed by atoms with Gasteiger partial charge in [-0.25, -0.2) is 0 Å². The second kappa shape index (κ2) is 5.86. The highest BCUT2D eigenvalue weighted by Gasteiger charge is 2.23. The average molecular weight is 345 g/mol. The van der Waals surface area contributed by atoms with Gasteiger partial charge in [-0.05, 0) is 48.5 Å². The number of likely N-dealkylation sites (N-methyl/N-ethyl adjacent to an activating group) is 1. The maximum atomic E-state index is 6.25. The van der Waals surface area contributed by atoms with Crippen LogP contribution in [0.1, 0.15) is 16.8 Å². The molecule has 0 bridgehead atoms. The summed E-state index contributed by atoms with van der Waals surface area (Å²) in [5.41, 5.74) is 6.37. The Kier molecular flexibility index (Phi) is 3.84. The van der Waals surface area contributed by atoms with Crippen molar-refractivity contribution in [2.45, 2.75) is 18.8 Å². The van der Waals surface area contributed by atoms with Crippen LogP contribution in [-0.4, -0.2) is 23.1 Å². The number of hydrogen-bond acceptors (Lipinski definition) is 1. The Labute approximate surface area is 146 Å². The molecule has 23 heavy (non-hydrogen) atoms. The number of aromatic nitrogens is 1. The van der Waals surface area contributed by atoms with E-state index in [2.05, 4.69) is 52.9 Å². The van der Waals surface area contributed by atoms with Crippen LogP contribution in [0.15, 0.2) is 42.5 Å². The van der Waals surface area contributed by atoms with Crippen LogP contribution in [0.2, 0.25) is 5.02 Å². The second-order valence-corrected chi connectivity index (χ2v) is 6.91. The molecule has 2 aromatic carbocycles. The molecule has 1 aliphatic heterocycles. The molecule has 4 rings (SSSR count). The van der Waals surface area contributed by atoms with Crippen LogP contribution in [0.3, 0.4) is 0 Å². The maximum Gasteiger partial charge on any atom is 0.0535 e. The fourth-order valence-corrected chi connectivity index (χ4v) is 3.84. The summed E-state index contributed by atoms with van der Waals surface area (Å²) in [5.74, 6) is 0.547. The van der Waals surface area contributed by atoms with Crippen molar-refractivity contribution in [3.05, 3.63) is 64.3 Å². The summed E-state index contributed by atoms with van der Waals surface area (Å²) in [5, 5.41) is 2.06. The van der Waals surface area contributed by atoms with Crippen molar-refractivity contribution in [2.75, 3.05) is 13.6 Å². The molecule has 0 spiro atoms. The molecule has 118 valence electrons. The number of benzene rings is 2. The first-order valence-electron chi connectivity index (χ1n) is 7.83. The van der Waals surface area contributed by atoms with Crippen LogP contribution in [0.25, 0.3) is 16.6 Å². The number of halogens is 2. The van der Waals surface area contributed by atoms with E-state index in [0.29, 0.717) is 5.88 Å². The van der Waals surface area contributed by atoms with Crippen molar-refractivity contribution in [3.8, 4) is 5.69 Å². The lowest BCUT2D eigenvalue weighted by Crippen LogP contribution is -2.27. The molecule has 0 amide bonds. The summed E-state index contributed by atoms with van der Waals surface area (Å²) in [6.45, 7) is 2.05. The van der Waals surface area contributed by atoms with Gasteiger partial charge < -0.3 is 9.47 Å². The zero-order chi connectivity index (χ0) is 16.0. The summed E-state index contributed by atoms with van der Waals surface area (Å²) in [7, 11) is 2.17. The van der Waals surface area contributed by atoms with E-state index in [-0.39, 0.29) is 0 Å². The number of nitrogens with zero attached hydrogens (tertiary/aromatic N) is 2. The summed E-state index contributed by atoms with van der Waals surface area (Å²) >= 11 is 12.2. The molecular weight excluding hydrogens is 327 g/mol. The molecule has 0 unspecified atom stereocenters. The predicted molar refractivity (Wildman–Crippen MR) is 97.9 cm³/mol. The molecule has 0 atom stereocenters. The quantitative estimate of drug-likeness (QED) is 0.593. The van der Waals surface area contributed by atoms with Crippen molar-refractivity contribution in [3.63, 3.8) is 0 Å². The number of alkyl halides is 1. The van der Waals surface area contributed by atoms with Gasteiger partial charge in [0.1, 0.15) is 0 Å². The molecular formula is C19H18Cl2N2. The zero-order valence-electron chi connectivity index (χ0n) is 13.0. The third-order valence-corrected chi connectivity index (χ3v) is 5.19. The minimum Gasteiger partial charge on any atom is -0.313 e. The highest BCUT2D eigenvalue weighted by atomic mass is 35.5. The van der Waals surface area contributed by atoms with E-state index < -0.39 is 0 Å². The van der Waals surface area contributed by atoms with Crippen LogP contribution in [-0.2, 0) is 18.8 Å². The van der Waals surface area contributed by atoms with Crippen molar-refractivity contribution < 1.29 is 0 Å². The summed E-state index contributed by atoms with van der Waals surface area (Å²) in [6, 6.07) is 14.7. The molecule has 4 heteroatoms. The van der Waals surface area contributed by atoms with Crippen molar-refractivity contribution >= 4 is 34.1 Å². The van der Waals surface area contributed by atoms with Crippen LogP contribution in [0.5, 0.6) is 0 Å². The van der Waals surface area contributed by atoms with E-state index in [9.17, 15) is 0 Å². The lowest BCUT2D eigenvalue weighted by molar-refractivity contribution is 0.311. The first-order chi connectivity index (χ1) is 11.2. The van der Waals surface area contributed by atoms with Crippen LogP contribution < -0.4 is 0 Å². The molecule has 3 aromatic rings. The molecule has 2 heterocycles. The van der Waals surface area contributed by atoms with Gasteiger partial charge in [0.05, 0.1) is 5.52 Å². The van der Waals surface area contributed by atoms with Gasteiger partial charge in [0.2, 0.25) is 0 Å². The van der Waals surface area contributed by atoms with Crippen LogP contribution >= 0.6 is 23.2 Å². The molecule has 0 saturated carbocycles. The Morgan fingerprint density at radius 2 is 1.87 bits per heavy atom. The van der Waals surface area contributed by atoms with E-state index in [1.54, 1.807) is 0 Å². The number of hydrogen-bond donors (Lipinski definition) is 0. The van der Waals surface area contributed by atoms with E-state index in [1.807, 2.05) is 6.07 Å². The first-order valence-corrected chi connectivity index (χ1v) is 8.74. The molecule has 0 radical (unpaired) electrons. The molecule has 0 N–H and O–H groups in total. The van der Waals surface area contributed by atoms with E-state index >= 15 is 0 Å². The van der Waals surface area contributed by atoms with E-state index in [1.165, 1.54) is 27.8 Å². The molecule has 1 aliphatic rings. The Hall–Kier alpha value is -1.48. The molecule has 0 aliphatic carbocycles. The summed E-state index contributed by atoms with van der Waals surface area (Å²) in [4.78, 5) is 2.36. The maximum absolute atomic E-state index is 6.25. The topological polar surface area (TPSA) is 8.17 Å². The minimum absolute atomic E-state index is 0.547. The normalized spacial score (nSPS) is 15.1. The highest BCUT2D eigenvalue weighted by Crippen LogP contribution is 2.34. The van der Waals surface area contributed by atoms with Gasteiger partial charge in [-0.3, -0.25) is 0 Å². The summed E-state index contributed by atoms with van der Waals surface area (Å²) < 4.78 is 2.38. The van der Waals surface area contributed by atoms with Gasteiger partial charge in [-0.15, -0.1) is 11.6 Å². The van der Waals surface area contributed by atoms with Gasteiger partial charge in [0.25, 0.3) is 0 Å². The van der Waals surface area contributed by atoms with Crippen molar-refractivity contribution in [1.82, 2.24) is 9.47 Å². The number of rotatable bonds is 2. The second-order valence-electron chi connectivity index (χ2n) is 6.21. The van der Waals surface area contributed by atoms with Crippen LogP contribution in [0.4, 0.5) is 0 Å². The van der Waals surface area contributed by atoms with Gasteiger partial charge in [0.15, 0.2) is 0 Å². The molecule has 1 aromatic heterocycles. The van der Waals surface area contributed by atoms with Gasteiger partial charge >= 0.3 is 0 Å². The third-order valence-electron chi connectivity index (χ3n) is 4.65. The first kappa shape index (κ1) is 15.1. The SMILES string of the molecule is CN1CCc2c(c3cc(Cl)ccc3n2-c2ccc(CCl)cc2)C1. The number of fused-ring (bicyclic) bond motifs is 3. The Bertz CT molecular complexity index is 865. The van der Waals surface area contributed by atoms with Gasteiger partial charge in [0, 0.05) is 47.2 Å². The third kappa shape index (κ3) is 2.55. The minimum atomic E-state index is 0.547. The van der Waals surface area contributed by atoms with Gasteiger partial charge in [-0.1, -0.05) is 23.7 Å². The molecule has 0 saturated heterocycles. The lowest BCUT2D eigenvalue weighted by Gasteiger charge is -2.24. The van der Waals surface area contributed by atoms with E-state index in [0.717, 1.165) is 30.1 Å². The smallest absolute Gasteiger partial charge is 0.0535 e. The molecule has 0 fully saturated rings.